The molecule has 4 heteroatoms. The molecule has 4 aromatic carbocycles. The first-order chi connectivity index (χ1) is 15.2. The molecule has 0 saturated heterocycles. The van der Waals surface area contributed by atoms with Crippen LogP contribution < -0.4 is 15.9 Å². The second-order valence-corrected chi connectivity index (χ2v) is 10.4. The molecule has 0 saturated carbocycles. The van der Waals surface area contributed by atoms with Crippen LogP contribution in [0, 0.1) is 0 Å². The van der Waals surface area contributed by atoms with Crippen LogP contribution in [0.1, 0.15) is 15.9 Å². The van der Waals surface area contributed by atoms with Crippen molar-refractivity contribution in [3.05, 3.63) is 126 Å². The number of nitrogens with zero attached hydrogens (tertiary/aromatic N) is 1. The second kappa shape index (κ2) is 7.91. The first-order valence-electron chi connectivity index (χ1n) is 10.1. The fourth-order valence-electron chi connectivity index (χ4n) is 4.07. The number of amides is 1. The lowest BCUT2D eigenvalue weighted by Crippen LogP contribution is -2.27. The summed E-state index contributed by atoms with van der Waals surface area (Å²) < 4.78 is 0. The molecule has 3 nitrogen and oxygen atoms in total. The summed E-state index contributed by atoms with van der Waals surface area (Å²) >= 11 is 0. The van der Waals surface area contributed by atoms with Gasteiger partial charge >= 0.3 is 0 Å². The maximum atomic E-state index is 12.7. The molecule has 0 atom stereocenters. The van der Waals surface area contributed by atoms with Crippen LogP contribution in [0.15, 0.2) is 115 Å². The zero-order chi connectivity index (χ0) is 21.3. The lowest BCUT2D eigenvalue weighted by Gasteiger charge is -2.26. The molecule has 1 aliphatic heterocycles. The summed E-state index contributed by atoms with van der Waals surface area (Å²) in [6, 6.07) is 38.0. The first-order valence-corrected chi connectivity index (χ1v) is 11.8. The lowest BCUT2D eigenvalue weighted by atomic mass is 10.1. The number of carbonyl (C=O) groups excluding carboxylic acids is 1. The number of carbonyl (C=O) groups is 1. The van der Waals surface area contributed by atoms with E-state index in [1.165, 1.54) is 0 Å². The second-order valence-electron chi connectivity index (χ2n) is 7.30. The highest BCUT2D eigenvalue weighted by atomic mass is 31.2. The van der Waals surface area contributed by atoms with Crippen LogP contribution in [-0.4, -0.2) is 21.6 Å². The van der Waals surface area contributed by atoms with E-state index in [4.69, 9.17) is 0 Å². The predicted molar refractivity (Wildman–Crippen MR) is 128 cm³/mol. The number of hydrogen-bond acceptors (Lipinski definition) is 2. The molecule has 1 amide bonds. The molecule has 0 bridgehead atoms. The molecule has 0 aliphatic carbocycles. The van der Waals surface area contributed by atoms with Crippen LogP contribution in [-0.2, 0) is 0 Å². The SMILES string of the molecule is O=C1c2ccccc2C(=C=P(c2ccccc2)(c2ccccc2)c2ccccc2)N1O. The minimum atomic E-state index is -2.46. The quantitative estimate of drug-likeness (QED) is 0.397. The van der Waals surface area contributed by atoms with E-state index >= 15 is 0 Å². The van der Waals surface area contributed by atoms with Gasteiger partial charge in [0.15, 0.2) is 0 Å². The van der Waals surface area contributed by atoms with Crippen molar-refractivity contribution < 1.29 is 10.0 Å². The van der Waals surface area contributed by atoms with Gasteiger partial charge in [0.25, 0.3) is 5.91 Å². The molecule has 4 aromatic rings. The number of fused-ring (bicyclic) bond motifs is 1. The van der Waals surface area contributed by atoms with E-state index in [0.29, 0.717) is 16.8 Å². The van der Waals surface area contributed by atoms with Crippen LogP contribution in [0.2, 0.25) is 0 Å². The van der Waals surface area contributed by atoms with E-state index in [1.54, 1.807) is 6.07 Å². The van der Waals surface area contributed by atoms with E-state index < -0.39 is 12.8 Å². The molecular formula is C27H20NO2P. The summed E-state index contributed by atoms with van der Waals surface area (Å²) in [5.74, 6) is -0.426. The Labute approximate surface area is 181 Å². The Morgan fingerprint density at radius 2 is 0.968 bits per heavy atom. The van der Waals surface area contributed by atoms with Crippen LogP contribution in [0.5, 0.6) is 0 Å². The van der Waals surface area contributed by atoms with Crippen LogP contribution in [0.4, 0.5) is 0 Å². The number of hydroxylamine groups is 2. The van der Waals surface area contributed by atoms with Gasteiger partial charge in [-0.25, -0.2) is 0 Å². The lowest BCUT2D eigenvalue weighted by molar-refractivity contribution is -0.00638. The number of hydrogen-bond donors (Lipinski definition) is 1. The van der Waals surface area contributed by atoms with Crippen molar-refractivity contribution in [1.82, 2.24) is 5.06 Å². The van der Waals surface area contributed by atoms with Gasteiger partial charge in [0, 0.05) is 12.4 Å². The summed E-state index contributed by atoms with van der Waals surface area (Å²) in [7, 11) is 0. The van der Waals surface area contributed by atoms with Gasteiger partial charge in [-0.15, -0.1) is 0 Å². The molecule has 0 aromatic heterocycles. The standard InChI is InChI=1S/C27H20NO2P/c29-27-25-19-11-10-18-24(25)26(28(27)30)20-31(21-12-4-1-5-13-21,22-14-6-2-7-15-22)23-16-8-3-9-17-23/h1-19,30H. The normalized spacial score (nSPS) is 13.1. The minimum absolute atomic E-state index is 0.408. The maximum Gasteiger partial charge on any atom is 0.283 e. The molecule has 150 valence electrons. The van der Waals surface area contributed by atoms with E-state index in [0.717, 1.165) is 21.0 Å². The van der Waals surface area contributed by atoms with Crippen LogP contribution in [0.25, 0.3) is 5.70 Å². The van der Waals surface area contributed by atoms with Gasteiger partial charge in [-0.2, -0.15) is 5.06 Å². The van der Waals surface area contributed by atoms with Crippen molar-refractivity contribution in [3.8, 4) is 0 Å². The number of benzene rings is 4. The minimum Gasteiger partial charge on any atom is -0.280 e. The van der Waals surface area contributed by atoms with Crippen LogP contribution in [0.3, 0.4) is 0 Å². The fourth-order valence-corrected chi connectivity index (χ4v) is 7.74. The van der Waals surface area contributed by atoms with E-state index in [-0.39, 0.29) is 0 Å². The molecule has 1 heterocycles. The van der Waals surface area contributed by atoms with E-state index in [9.17, 15) is 10.0 Å². The molecule has 0 radical (unpaired) electrons. The van der Waals surface area contributed by atoms with E-state index in [2.05, 4.69) is 41.8 Å². The molecule has 31 heavy (non-hydrogen) atoms. The highest BCUT2D eigenvalue weighted by Crippen LogP contribution is 2.44. The van der Waals surface area contributed by atoms with Gasteiger partial charge in [-0.05, 0) is 22.0 Å². The summed E-state index contributed by atoms with van der Waals surface area (Å²) in [6.07, 6.45) is 0. The third-order valence-corrected chi connectivity index (χ3v) is 9.29. The summed E-state index contributed by atoms with van der Waals surface area (Å²) in [4.78, 5) is 12.7. The third kappa shape index (κ3) is 3.17. The van der Waals surface area contributed by atoms with Gasteiger partial charge < -0.3 is 0 Å². The molecule has 1 aliphatic rings. The van der Waals surface area contributed by atoms with E-state index in [1.807, 2.05) is 72.8 Å². The highest BCUT2D eigenvalue weighted by Gasteiger charge is 2.33. The Morgan fingerprint density at radius 3 is 1.42 bits per heavy atom. The van der Waals surface area contributed by atoms with Crippen molar-refractivity contribution in [2.24, 2.45) is 0 Å². The maximum absolute atomic E-state index is 12.7. The van der Waals surface area contributed by atoms with Gasteiger partial charge in [-0.1, -0.05) is 115 Å². The average molecular weight is 421 g/mol. The topological polar surface area (TPSA) is 40.5 Å². The monoisotopic (exact) mass is 421 g/mol. The van der Waals surface area contributed by atoms with Crippen molar-refractivity contribution in [3.63, 3.8) is 0 Å². The van der Waals surface area contributed by atoms with Crippen molar-refractivity contribution in [1.29, 1.82) is 0 Å². The Bertz CT molecular complexity index is 1240. The third-order valence-electron chi connectivity index (χ3n) is 5.52. The summed E-state index contributed by atoms with van der Waals surface area (Å²) in [5, 5.41) is 14.8. The molecule has 0 spiro atoms. The molecule has 5 rings (SSSR count). The fraction of sp³-hybridized carbons (Fsp3) is 0. The molecular weight excluding hydrogens is 401 g/mol. The predicted octanol–water partition coefficient (Wildman–Crippen LogP) is 4.27. The van der Waals surface area contributed by atoms with Gasteiger partial charge in [0.2, 0.25) is 0 Å². The van der Waals surface area contributed by atoms with Crippen LogP contribution >= 0.6 is 6.89 Å². The molecule has 1 N–H and O–H groups in total. The Kier molecular flexibility index (Phi) is 4.94. The van der Waals surface area contributed by atoms with Crippen molar-refractivity contribution >= 4 is 39.9 Å². The Morgan fingerprint density at radius 1 is 0.581 bits per heavy atom. The van der Waals surface area contributed by atoms with Gasteiger partial charge in [-0.3, -0.25) is 10.0 Å². The highest BCUT2D eigenvalue weighted by molar-refractivity contribution is 7.94. The zero-order valence-electron chi connectivity index (χ0n) is 16.7. The zero-order valence-corrected chi connectivity index (χ0v) is 17.6. The number of rotatable bonds is 3. The van der Waals surface area contributed by atoms with Crippen molar-refractivity contribution in [2.75, 3.05) is 0 Å². The van der Waals surface area contributed by atoms with Gasteiger partial charge in [0.1, 0.15) is 5.70 Å². The smallest absolute Gasteiger partial charge is 0.280 e. The Hall–Kier alpha value is -3.61. The molecule has 0 unspecified atom stereocenters. The largest absolute Gasteiger partial charge is 0.283 e. The first kappa shape index (κ1) is 19.4. The Balaban J connectivity index is 2.02. The molecule has 0 fully saturated rings. The summed E-state index contributed by atoms with van der Waals surface area (Å²) in [6.45, 7) is -2.46. The average Bonchev–Trinajstić information content (AvgIpc) is 3.09. The van der Waals surface area contributed by atoms with Gasteiger partial charge in [0.05, 0.1) is 5.56 Å². The van der Waals surface area contributed by atoms with Crippen molar-refractivity contribution in [2.45, 2.75) is 0 Å². The summed E-state index contributed by atoms with van der Waals surface area (Å²) in [5.41, 5.74) is 5.29.